The largest absolute Gasteiger partial charge is 0.389 e. The maximum absolute atomic E-state index is 9.43. The summed E-state index contributed by atoms with van der Waals surface area (Å²) in [6, 6.07) is 5.44. The van der Waals surface area contributed by atoms with Crippen molar-refractivity contribution in [2.45, 2.75) is 6.10 Å². The topological polar surface area (TPSA) is 41.5 Å². The molecule has 84 valence electrons. The van der Waals surface area contributed by atoms with Crippen molar-refractivity contribution in [3.05, 3.63) is 27.7 Å². The molecule has 1 aromatic rings. The second kappa shape index (κ2) is 6.33. The summed E-state index contributed by atoms with van der Waals surface area (Å²) in [7, 11) is 1.56. The lowest BCUT2D eigenvalue weighted by Gasteiger charge is -2.13. The molecule has 0 saturated heterocycles. The second-order valence-corrected chi connectivity index (χ2v) is 4.41. The molecule has 0 aliphatic rings. The van der Waals surface area contributed by atoms with Crippen LogP contribution < -0.4 is 5.32 Å². The monoisotopic (exact) mass is 293 g/mol. The second-order valence-electron chi connectivity index (χ2n) is 3.11. The van der Waals surface area contributed by atoms with Crippen molar-refractivity contribution in [3.8, 4) is 0 Å². The molecule has 0 radical (unpaired) electrons. The zero-order valence-corrected chi connectivity index (χ0v) is 10.7. The van der Waals surface area contributed by atoms with Crippen LogP contribution in [0.3, 0.4) is 0 Å². The van der Waals surface area contributed by atoms with E-state index in [9.17, 15) is 5.11 Å². The maximum Gasteiger partial charge on any atom is 0.0945 e. The van der Waals surface area contributed by atoms with Crippen molar-refractivity contribution in [3.63, 3.8) is 0 Å². The van der Waals surface area contributed by atoms with E-state index in [-0.39, 0.29) is 0 Å². The number of nitrogens with one attached hydrogen (secondary N) is 1. The molecule has 1 aromatic carbocycles. The summed E-state index contributed by atoms with van der Waals surface area (Å²) in [5.74, 6) is 0. The quantitative estimate of drug-likeness (QED) is 0.877. The van der Waals surface area contributed by atoms with Crippen molar-refractivity contribution in [1.82, 2.24) is 0 Å². The predicted molar refractivity (Wildman–Crippen MR) is 65.5 cm³/mol. The van der Waals surface area contributed by atoms with Crippen molar-refractivity contribution < 1.29 is 9.84 Å². The highest BCUT2D eigenvalue weighted by Crippen LogP contribution is 2.25. The number of hydrogen-bond donors (Lipinski definition) is 2. The Morgan fingerprint density at radius 3 is 2.93 bits per heavy atom. The Morgan fingerprint density at radius 2 is 2.33 bits per heavy atom. The summed E-state index contributed by atoms with van der Waals surface area (Å²) in [6.07, 6.45) is -0.516. The van der Waals surface area contributed by atoms with Crippen molar-refractivity contribution in [1.29, 1.82) is 0 Å². The van der Waals surface area contributed by atoms with Crippen LogP contribution in [0.1, 0.15) is 0 Å². The Hall–Kier alpha value is -0.290. The number of rotatable bonds is 5. The lowest BCUT2D eigenvalue weighted by atomic mass is 10.3. The van der Waals surface area contributed by atoms with Gasteiger partial charge < -0.3 is 15.2 Å². The van der Waals surface area contributed by atoms with Crippen LogP contribution in [0, 0.1) is 0 Å². The first-order valence-corrected chi connectivity index (χ1v) is 5.66. The van der Waals surface area contributed by atoms with Gasteiger partial charge in [0.05, 0.1) is 12.7 Å². The smallest absolute Gasteiger partial charge is 0.0945 e. The van der Waals surface area contributed by atoms with E-state index < -0.39 is 6.10 Å². The van der Waals surface area contributed by atoms with E-state index in [0.29, 0.717) is 18.2 Å². The van der Waals surface area contributed by atoms with Gasteiger partial charge in [-0.25, -0.2) is 0 Å². The Balaban J connectivity index is 2.50. The fourth-order valence-corrected chi connectivity index (χ4v) is 1.93. The molecular formula is C10H13BrClNO2. The van der Waals surface area contributed by atoms with Gasteiger partial charge >= 0.3 is 0 Å². The van der Waals surface area contributed by atoms with E-state index in [4.69, 9.17) is 16.3 Å². The van der Waals surface area contributed by atoms with Crippen LogP contribution in [0.2, 0.25) is 5.02 Å². The number of hydrogen-bond acceptors (Lipinski definition) is 3. The summed E-state index contributed by atoms with van der Waals surface area (Å²) in [5, 5.41) is 13.2. The first kappa shape index (κ1) is 12.8. The van der Waals surface area contributed by atoms with Gasteiger partial charge in [0.1, 0.15) is 0 Å². The zero-order chi connectivity index (χ0) is 11.3. The Kier molecular flexibility index (Phi) is 5.39. The summed E-state index contributed by atoms with van der Waals surface area (Å²) < 4.78 is 5.69. The maximum atomic E-state index is 9.43. The van der Waals surface area contributed by atoms with Crippen molar-refractivity contribution >= 4 is 33.2 Å². The van der Waals surface area contributed by atoms with Gasteiger partial charge in [0.25, 0.3) is 0 Å². The Labute approximate surface area is 103 Å². The fourth-order valence-electron chi connectivity index (χ4n) is 1.11. The highest BCUT2D eigenvalue weighted by atomic mass is 79.9. The van der Waals surface area contributed by atoms with E-state index in [2.05, 4.69) is 21.2 Å². The van der Waals surface area contributed by atoms with Gasteiger partial charge in [-0.1, -0.05) is 11.6 Å². The third-order valence-corrected chi connectivity index (χ3v) is 2.71. The Morgan fingerprint density at radius 1 is 1.60 bits per heavy atom. The predicted octanol–water partition coefficient (Wildman–Crippen LogP) is 2.52. The molecule has 0 aromatic heterocycles. The first-order chi connectivity index (χ1) is 7.13. The van der Waals surface area contributed by atoms with Gasteiger partial charge in [-0.3, -0.25) is 0 Å². The summed E-state index contributed by atoms with van der Waals surface area (Å²) in [6.45, 7) is 0.756. The molecule has 0 spiro atoms. The minimum atomic E-state index is -0.516. The average Bonchev–Trinajstić information content (AvgIpc) is 2.17. The SMILES string of the molecule is COCC(O)CNc1ccc(Cl)cc1Br. The van der Waals surface area contributed by atoms with Gasteiger partial charge in [0, 0.05) is 28.8 Å². The molecular weight excluding hydrogens is 281 g/mol. The van der Waals surface area contributed by atoms with Crippen LogP contribution in [0.15, 0.2) is 22.7 Å². The minimum Gasteiger partial charge on any atom is -0.389 e. The van der Waals surface area contributed by atoms with E-state index in [1.807, 2.05) is 6.07 Å². The number of halogens is 2. The zero-order valence-electron chi connectivity index (χ0n) is 8.34. The normalized spacial score (nSPS) is 12.5. The van der Waals surface area contributed by atoms with Crippen LogP contribution in [0.4, 0.5) is 5.69 Å². The Bertz CT molecular complexity index is 322. The molecule has 1 atom stereocenters. The fraction of sp³-hybridized carbons (Fsp3) is 0.400. The van der Waals surface area contributed by atoms with Gasteiger partial charge in [0.15, 0.2) is 0 Å². The van der Waals surface area contributed by atoms with Gasteiger partial charge in [-0.05, 0) is 34.1 Å². The molecule has 0 bridgehead atoms. The molecule has 0 aliphatic heterocycles. The van der Waals surface area contributed by atoms with Crippen LogP contribution in [-0.4, -0.2) is 31.5 Å². The molecule has 1 rings (SSSR count). The van der Waals surface area contributed by atoms with Gasteiger partial charge in [-0.15, -0.1) is 0 Å². The van der Waals surface area contributed by atoms with Gasteiger partial charge in [0.2, 0.25) is 0 Å². The molecule has 1 unspecified atom stereocenters. The standard InChI is InChI=1S/C10H13BrClNO2/c1-15-6-8(14)5-13-10-3-2-7(12)4-9(10)11/h2-4,8,13-14H,5-6H2,1H3. The van der Waals surface area contributed by atoms with E-state index >= 15 is 0 Å². The molecule has 0 fully saturated rings. The number of anilines is 1. The van der Waals surface area contributed by atoms with Crippen LogP contribution in [0.5, 0.6) is 0 Å². The summed E-state index contributed by atoms with van der Waals surface area (Å²) in [5.41, 5.74) is 0.898. The van der Waals surface area contributed by atoms with Gasteiger partial charge in [-0.2, -0.15) is 0 Å². The number of benzene rings is 1. The molecule has 0 amide bonds. The highest BCUT2D eigenvalue weighted by molar-refractivity contribution is 9.10. The van der Waals surface area contributed by atoms with Crippen LogP contribution in [-0.2, 0) is 4.74 Å². The highest BCUT2D eigenvalue weighted by Gasteiger charge is 2.05. The number of aliphatic hydroxyl groups is 1. The number of ether oxygens (including phenoxy) is 1. The third kappa shape index (κ3) is 4.38. The number of methoxy groups -OCH3 is 1. The molecule has 5 heteroatoms. The summed E-state index contributed by atoms with van der Waals surface area (Å²) >= 11 is 9.18. The molecule has 0 heterocycles. The molecule has 0 aliphatic carbocycles. The summed E-state index contributed by atoms with van der Waals surface area (Å²) in [4.78, 5) is 0. The van der Waals surface area contributed by atoms with E-state index in [0.717, 1.165) is 10.2 Å². The average molecular weight is 295 g/mol. The minimum absolute atomic E-state index is 0.318. The molecule has 2 N–H and O–H groups in total. The molecule has 3 nitrogen and oxygen atoms in total. The lowest BCUT2D eigenvalue weighted by Crippen LogP contribution is -2.24. The van der Waals surface area contributed by atoms with Crippen molar-refractivity contribution in [2.75, 3.05) is 25.6 Å². The van der Waals surface area contributed by atoms with Crippen LogP contribution >= 0.6 is 27.5 Å². The molecule has 0 saturated carbocycles. The number of aliphatic hydroxyl groups excluding tert-OH is 1. The lowest BCUT2D eigenvalue weighted by molar-refractivity contribution is 0.0727. The third-order valence-electron chi connectivity index (χ3n) is 1.82. The van der Waals surface area contributed by atoms with E-state index in [1.54, 1.807) is 19.2 Å². The first-order valence-electron chi connectivity index (χ1n) is 4.49. The molecule has 15 heavy (non-hydrogen) atoms. The van der Waals surface area contributed by atoms with E-state index in [1.165, 1.54) is 0 Å². The van der Waals surface area contributed by atoms with Crippen molar-refractivity contribution in [2.24, 2.45) is 0 Å². The van der Waals surface area contributed by atoms with Crippen LogP contribution in [0.25, 0.3) is 0 Å².